The molecule has 0 aliphatic carbocycles. The van der Waals surface area contributed by atoms with Crippen LogP contribution in [0.5, 0.6) is 0 Å². The van der Waals surface area contributed by atoms with Crippen molar-refractivity contribution in [3.63, 3.8) is 0 Å². The Kier molecular flexibility index (Phi) is 5.65. The first kappa shape index (κ1) is 12.8. The summed E-state index contributed by atoms with van der Waals surface area (Å²) in [5.74, 6) is -0.979. The number of hydrogen-bond donors (Lipinski definition) is 1. The van der Waals surface area contributed by atoms with Crippen LogP contribution in [0.3, 0.4) is 0 Å². The average Bonchev–Trinajstić information content (AvgIpc) is 2.25. The summed E-state index contributed by atoms with van der Waals surface area (Å²) in [5.41, 5.74) is 1.31. The van der Waals surface area contributed by atoms with Crippen molar-refractivity contribution in [1.82, 2.24) is 0 Å². The number of carbonyl (C=O) groups is 1. The third kappa shape index (κ3) is 5.56. The van der Waals surface area contributed by atoms with Gasteiger partial charge in [0.15, 0.2) is 0 Å². The molecule has 16 heavy (non-hydrogen) atoms. The maximum atomic E-state index is 10.3. The number of allylic oxidation sites excluding steroid dienone is 1. The van der Waals surface area contributed by atoms with Crippen molar-refractivity contribution in [2.24, 2.45) is 0 Å². The Labute approximate surface area is 101 Å². The van der Waals surface area contributed by atoms with Crippen LogP contribution in [0.4, 0.5) is 0 Å². The van der Waals surface area contributed by atoms with Crippen molar-refractivity contribution in [1.29, 1.82) is 0 Å². The molecular formula is C13H15ClO2. The van der Waals surface area contributed by atoms with Crippen LogP contribution in [0.15, 0.2) is 41.4 Å². The molecule has 1 rings (SSSR count). The maximum absolute atomic E-state index is 10.3. The fourth-order valence-electron chi connectivity index (χ4n) is 1.47. The van der Waals surface area contributed by atoms with Gasteiger partial charge in [0.1, 0.15) is 0 Å². The van der Waals surface area contributed by atoms with Gasteiger partial charge in [-0.05, 0) is 31.2 Å². The highest BCUT2D eigenvalue weighted by molar-refractivity contribution is 6.30. The Balaban J connectivity index is 2.20. The minimum atomic E-state index is -0.979. The molecule has 0 aliphatic heterocycles. The summed E-state index contributed by atoms with van der Waals surface area (Å²) < 4.78 is 0. The molecule has 3 heteroatoms. The number of aliphatic carboxylic acids is 1. The van der Waals surface area contributed by atoms with Crippen LogP contribution in [0.2, 0.25) is 0 Å². The summed E-state index contributed by atoms with van der Waals surface area (Å²) >= 11 is 5.74. The van der Waals surface area contributed by atoms with Crippen LogP contribution in [0.1, 0.15) is 24.8 Å². The van der Waals surface area contributed by atoms with E-state index in [4.69, 9.17) is 16.7 Å². The Morgan fingerprint density at radius 3 is 2.56 bits per heavy atom. The van der Waals surface area contributed by atoms with Gasteiger partial charge in [-0.15, -0.1) is 0 Å². The summed E-state index contributed by atoms with van der Waals surface area (Å²) in [6.07, 6.45) is 4.65. The molecule has 86 valence electrons. The number of carboxylic acid groups (broad SMARTS) is 1. The fourth-order valence-corrected chi connectivity index (χ4v) is 1.70. The van der Waals surface area contributed by atoms with E-state index in [1.807, 2.05) is 18.2 Å². The van der Waals surface area contributed by atoms with E-state index in [1.54, 1.807) is 0 Å². The number of carboxylic acids is 1. The number of unbranched alkanes of at least 4 members (excludes halogenated alkanes) is 1. The predicted molar refractivity (Wildman–Crippen MR) is 65.6 cm³/mol. The second-order valence-corrected chi connectivity index (χ2v) is 4.11. The monoisotopic (exact) mass is 238 g/mol. The van der Waals surface area contributed by atoms with E-state index in [1.165, 1.54) is 5.56 Å². The quantitative estimate of drug-likeness (QED) is 0.607. The molecule has 0 fully saturated rings. The van der Waals surface area contributed by atoms with E-state index in [2.05, 4.69) is 12.1 Å². The van der Waals surface area contributed by atoms with Crippen LogP contribution in [0, 0.1) is 0 Å². The smallest absolute Gasteiger partial charge is 0.329 e. The highest BCUT2D eigenvalue weighted by Crippen LogP contribution is 2.13. The van der Waals surface area contributed by atoms with E-state index < -0.39 is 5.97 Å². The highest BCUT2D eigenvalue weighted by atomic mass is 35.5. The van der Waals surface area contributed by atoms with E-state index >= 15 is 0 Å². The van der Waals surface area contributed by atoms with E-state index in [9.17, 15) is 4.79 Å². The first-order valence-corrected chi connectivity index (χ1v) is 5.69. The Morgan fingerprint density at radius 2 is 1.94 bits per heavy atom. The molecular weight excluding hydrogens is 224 g/mol. The Morgan fingerprint density at radius 1 is 1.25 bits per heavy atom. The van der Waals surface area contributed by atoms with Crippen molar-refractivity contribution < 1.29 is 9.90 Å². The first-order chi connectivity index (χ1) is 7.68. The van der Waals surface area contributed by atoms with Crippen LogP contribution in [-0.2, 0) is 11.2 Å². The Hall–Kier alpha value is -1.28. The predicted octanol–water partition coefficient (Wildman–Crippen LogP) is 3.61. The minimum Gasteiger partial charge on any atom is -0.478 e. The van der Waals surface area contributed by atoms with Crippen LogP contribution in [0.25, 0.3) is 0 Å². The number of benzene rings is 1. The SMILES string of the molecule is O=C(O)C=C(Cl)CCCCc1ccccc1. The lowest BCUT2D eigenvalue weighted by molar-refractivity contribution is -0.131. The number of hydrogen-bond acceptors (Lipinski definition) is 1. The highest BCUT2D eigenvalue weighted by Gasteiger charge is 1.98. The van der Waals surface area contributed by atoms with Gasteiger partial charge >= 0.3 is 5.97 Å². The lowest BCUT2D eigenvalue weighted by Crippen LogP contribution is -1.90. The van der Waals surface area contributed by atoms with Gasteiger partial charge in [-0.1, -0.05) is 41.9 Å². The molecule has 2 nitrogen and oxygen atoms in total. The molecule has 0 radical (unpaired) electrons. The summed E-state index contributed by atoms with van der Waals surface area (Å²) in [6.45, 7) is 0. The first-order valence-electron chi connectivity index (χ1n) is 5.31. The molecule has 0 saturated heterocycles. The largest absolute Gasteiger partial charge is 0.478 e. The lowest BCUT2D eigenvalue weighted by atomic mass is 10.1. The molecule has 0 unspecified atom stereocenters. The summed E-state index contributed by atoms with van der Waals surface area (Å²) in [5, 5.41) is 8.87. The van der Waals surface area contributed by atoms with Gasteiger partial charge in [-0.25, -0.2) is 4.79 Å². The third-order valence-electron chi connectivity index (χ3n) is 2.25. The Bertz CT molecular complexity index is 357. The van der Waals surface area contributed by atoms with Crippen LogP contribution in [-0.4, -0.2) is 11.1 Å². The standard InChI is InChI=1S/C13H15ClO2/c14-12(10-13(15)16)9-5-4-8-11-6-2-1-3-7-11/h1-3,6-7,10H,4-5,8-9H2,(H,15,16). The van der Waals surface area contributed by atoms with Crippen molar-refractivity contribution >= 4 is 17.6 Å². The van der Waals surface area contributed by atoms with Crippen molar-refractivity contribution in [2.45, 2.75) is 25.7 Å². The molecule has 0 spiro atoms. The van der Waals surface area contributed by atoms with E-state index in [0.717, 1.165) is 25.3 Å². The molecule has 0 heterocycles. The zero-order valence-electron chi connectivity index (χ0n) is 9.03. The van der Waals surface area contributed by atoms with Gasteiger partial charge < -0.3 is 5.11 Å². The molecule has 0 atom stereocenters. The summed E-state index contributed by atoms with van der Waals surface area (Å²) in [6, 6.07) is 10.2. The second kappa shape index (κ2) is 7.07. The third-order valence-corrected chi connectivity index (χ3v) is 2.55. The normalized spacial score (nSPS) is 11.4. The van der Waals surface area contributed by atoms with Gasteiger partial charge in [0.2, 0.25) is 0 Å². The maximum Gasteiger partial charge on any atom is 0.329 e. The average molecular weight is 239 g/mol. The van der Waals surface area contributed by atoms with Crippen molar-refractivity contribution in [2.75, 3.05) is 0 Å². The van der Waals surface area contributed by atoms with Crippen molar-refractivity contribution in [3.05, 3.63) is 47.0 Å². The molecule has 0 bridgehead atoms. The minimum absolute atomic E-state index is 0.417. The molecule has 1 aromatic rings. The second-order valence-electron chi connectivity index (χ2n) is 3.62. The van der Waals surface area contributed by atoms with Gasteiger partial charge in [0, 0.05) is 11.1 Å². The van der Waals surface area contributed by atoms with Gasteiger partial charge in [-0.2, -0.15) is 0 Å². The zero-order valence-corrected chi connectivity index (χ0v) is 9.78. The van der Waals surface area contributed by atoms with Crippen LogP contribution < -0.4 is 0 Å². The van der Waals surface area contributed by atoms with Crippen molar-refractivity contribution in [3.8, 4) is 0 Å². The van der Waals surface area contributed by atoms with Crippen LogP contribution >= 0.6 is 11.6 Å². The molecule has 0 saturated carbocycles. The molecule has 1 aromatic carbocycles. The number of halogens is 1. The lowest BCUT2D eigenvalue weighted by Gasteiger charge is -2.00. The summed E-state index contributed by atoms with van der Waals surface area (Å²) in [7, 11) is 0. The van der Waals surface area contributed by atoms with E-state index in [-0.39, 0.29) is 0 Å². The fraction of sp³-hybridized carbons (Fsp3) is 0.308. The number of rotatable bonds is 6. The zero-order chi connectivity index (χ0) is 11.8. The summed E-state index contributed by atoms with van der Waals surface area (Å²) in [4.78, 5) is 10.3. The number of aryl methyl sites for hydroxylation is 1. The molecule has 0 aromatic heterocycles. The van der Waals surface area contributed by atoms with E-state index in [0.29, 0.717) is 11.5 Å². The molecule has 0 amide bonds. The molecule has 0 aliphatic rings. The van der Waals surface area contributed by atoms with Gasteiger partial charge in [-0.3, -0.25) is 0 Å². The topological polar surface area (TPSA) is 37.3 Å². The molecule has 1 N–H and O–H groups in total. The van der Waals surface area contributed by atoms with Gasteiger partial charge in [0.25, 0.3) is 0 Å². The van der Waals surface area contributed by atoms with Gasteiger partial charge in [0.05, 0.1) is 0 Å².